The van der Waals surface area contributed by atoms with Crippen LogP contribution in [0.4, 0.5) is 23.4 Å². The number of hydrogen-bond donors (Lipinski definition) is 1. The molecule has 0 spiro atoms. The molecular formula is C17H14F4N4O. The molecule has 1 heterocycles. The summed E-state index contributed by atoms with van der Waals surface area (Å²) in [5.74, 6) is -0.324. The van der Waals surface area contributed by atoms with E-state index in [0.717, 1.165) is 17.7 Å². The van der Waals surface area contributed by atoms with Crippen LogP contribution in [0.5, 0.6) is 5.75 Å². The number of halogens is 4. The topological polar surface area (TPSA) is 66.0 Å². The highest BCUT2D eigenvalue weighted by molar-refractivity contribution is 5.70. The fraction of sp³-hybridized carbons (Fsp3) is 0.176. The number of nitrogens with two attached hydrogens (primary N) is 1. The van der Waals surface area contributed by atoms with Crippen molar-refractivity contribution in [3.8, 4) is 17.0 Å². The standard InChI is InChI=1S/C17H14F4N4O/c1-26-12-5-2-10(3-6-12)9-25-16(22)15(23-24-25)13-7-4-11(8-14(13)18)17(19,20)21/h2-8H,9,22H2,1H3. The van der Waals surface area contributed by atoms with Gasteiger partial charge in [0.2, 0.25) is 0 Å². The molecule has 2 aromatic carbocycles. The Labute approximate surface area is 146 Å². The molecule has 0 aliphatic rings. The van der Waals surface area contributed by atoms with Crippen molar-refractivity contribution in [3.05, 3.63) is 59.4 Å². The Balaban J connectivity index is 1.89. The quantitative estimate of drug-likeness (QED) is 0.715. The molecule has 0 radical (unpaired) electrons. The zero-order chi connectivity index (χ0) is 18.9. The summed E-state index contributed by atoms with van der Waals surface area (Å²) in [5.41, 5.74) is 5.57. The average Bonchev–Trinajstić information content (AvgIpc) is 2.95. The lowest BCUT2D eigenvalue weighted by molar-refractivity contribution is -0.137. The van der Waals surface area contributed by atoms with Crippen LogP contribution < -0.4 is 10.5 Å². The first-order valence-electron chi connectivity index (χ1n) is 7.48. The number of ether oxygens (including phenoxy) is 1. The monoisotopic (exact) mass is 366 g/mol. The minimum absolute atomic E-state index is 0.00950. The molecule has 0 fully saturated rings. The second-order valence-electron chi connectivity index (χ2n) is 5.52. The molecular weight excluding hydrogens is 352 g/mol. The fourth-order valence-electron chi connectivity index (χ4n) is 2.42. The van der Waals surface area contributed by atoms with E-state index in [4.69, 9.17) is 10.5 Å². The maximum Gasteiger partial charge on any atom is 0.416 e. The maximum absolute atomic E-state index is 14.1. The summed E-state index contributed by atoms with van der Waals surface area (Å²) >= 11 is 0. The highest BCUT2D eigenvalue weighted by Crippen LogP contribution is 2.33. The van der Waals surface area contributed by atoms with Crippen molar-refractivity contribution in [2.45, 2.75) is 12.7 Å². The number of nitrogens with zero attached hydrogens (tertiary/aromatic N) is 3. The molecule has 3 aromatic rings. The lowest BCUT2D eigenvalue weighted by atomic mass is 10.1. The molecule has 0 aliphatic carbocycles. The summed E-state index contributed by atoms with van der Waals surface area (Å²) in [6.45, 7) is 0.269. The lowest BCUT2D eigenvalue weighted by Crippen LogP contribution is -2.07. The Bertz CT molecular complexity index is 920. The number of benzene rings is 2. The molecule has 2 N–H and O–H groups in total. The van der Waals surface area contributed by atoms with Crippen molar-refractivity contribution in [1.29, 1.82) is 0 Å². The van der Waals surface area contributed by atoms with Crippen LogP contribution in [-0.4, -0.2) is 22.1 Å². The van der Waals surface area contributed by atoms with Gasteiger partial charge in [-0.2, -0.15) is 13.2 Å². The first kappa shape index (κ1) is 17.7. The summed E-state index contributed by atoms with van der Waals surface area (Å²) in [7, 11) is 1.55. The Morgan fingerprint density at radius 3 is 2.38 bits per heavy atom. The second-order valence-corrected chi connectivity index (χ2v) is 5.52. The molecule has 0 saturated carbocycles. The van der Waals surface area contributed by atoms with Gasteiger partial charge in [-0.25, -0.2) is 9.07 Å². The number of aromatic nitrogens is 3. The van der Waals surface area contributed by atoms with Crippen molar-refractivity contribution in [1.82, 2.24) is 15.0 Å². The van der Waals surface area contributed by atoms with Gasteiger partial charge in [0.25, 0.3) is 0 Å². The number of rotatable bonds is 4. The van der Waals surface area contributed by atoms with E-state index in [0.29, 0.717) is 11.8 Å². The highest BCUT2D eigenvalue weighted by atomic mass is 19.4. The van der Waals surface area contributed by atoms with Gasteiger partial charge in [0.05, 0.1) is 19.2 Å². The summed E-state index contributed by atoms with van der Waals surface area (Å²) in [5, 5.41) is 7.67. The molecule has 3 rings (SSSR count). The first-order chi connectivity index (χ1) is 12.3. The van der Waals surface area contributed by atoms with Crippen LogP contribution in [0.2, 0.25) is 0 Å². The van der Waals surface area contributed by atoms with Crippen molar-refractivity contribution in [2.24, 2.45) is 0 Å². The van der Waals surface area contributed by atoms with Crippen LogP contribution in [0.15, 0.2) is 42.5 Å². The van der Waals surface area contributed by atoms with Crippen LogP contribution in [-0.2, 0) is 12.7 Å². The van der Waals surface area contributed by atoms with Crippen molar-refractivity contribution in [2.75, 3.05) is 12.8 Å². The van der Waals surface area contributed by atoms with E-state index in [-0.39, 0.29) is 23.6 Å². The van der Waals surface area contributed by atoms with Gasteiger partial charge in [0, 0.05) is 5.56 Å². The normalized spacial score (nSPS) is 11.6. The van der Waals surface area contributed by atoms with Gasteiger partial charge in [-0.05, 0) is 35.9 Å². The SMILES string of the molecule is COc1ccc(Cn2nnc(-c3ccc(C(F)(F)F)cc3F)c2N)cc1. The molecule has 0 saturated heterocycles. The molecule has 0 atom stereocenters. The van der Waals surface area contributed by atoms with Crippen LogP contribution in [0.25, 0.3) is 11.3 Å². The van der Waals surface area contributed by atoms with E-state index in [1.165, 1.54) is 4.68 Å². The minimum atomic E-state index is -4.63. The van der Waals surface area contributed by atoms with Gasteiger partial charge in [-0.15, -0.1) is 5.10 Å². The Hall–Kier alpha value is -3.10. The van der Waals surface area contributed by atoms with E-state index < -0.39 is 17.6 Å². The number of alkyl halides is 3. The van der Waals surface area contributed by atoms with E-state index >= 15 is 0 Å². The molecule has 9 heteroatoms. The summed E-state index contributed by atoms with van der Waals surface area (Å²) in [6, 6.07) is 9.32. The number of hydrogen-bond acceptors (Lipinski definition) is 4. The molecule has 136 valence electrons. The zero-order valence-corrected chi connectivity index (χ0v) is 13.6. The third-order valence-corrected chi connectivity index (χ3v) is 3.82. The van der Waals surface area contributed by atoms with Crippen LogP contribution >= 0.6 is 0 Å². The minimum Gasteiger partial charge on any atom is -0.497 e. The largest absolute Gasteiger partial charge is 0.497 e. The Kier molecular flexibility index (Phi) is 4.54. The Morgan fingerprint density at radius 1 is 1.12 bits per heavy atom. The molecule has 0 bridgehead atoms. The lowest BCUT2D eigenvalue weighted by Gasteiger charge is -2.08. The summed E-state index contributed by atoms with van der Waals surface area (Å²) in [6.07, 6.45) is -4.63. The second kappa shape index (κ2) is 6.66. The van der Waals surface area contributed by atoms with Gasteiger partial charge in [0.15, 0.2) is 5.82 Å². The number of methoxy groups -OCH3 is 1. The molecule has 0 unspecified atom stereocenters. The fourth-order valence-corrected chi connectivity index (χ4v) is 2.42. The molecule has 0 aliphatic heterocycles. The first-order valence-corrected chi connectivity index (χ1v) is 7.48. The van der Waals surface area contributed by atoms with E-state index in [1.807, 2.05) is 0 Å². The van der Waals surface area contributed by atoms with Crippen LogP contribution in [0, 0.1) is 5.82 Å². The third kappa shape index (κ3) is 3.46. The van der Waals surface area contributed by atoms with Crippen molar-refractivity contribution >= 4 is 5.82 Å². The van der Waals surface area contributed by atoms with E-state index in [9.17, 15) is 17.6 Å². The third-order valence-electron chi connectivity index (χ3n) is 3.82. The summed E-state index contributed by atoms with van der Waals surface area (Å²) in [4.78, 5) is 0. The van der Waals surface area contributed by atoms with E-state index in [2.05, 4.69) is 10.3 Å². The summed E-state index contributed by atoms with van der Waals surface area (Å²) < 4.78 is 58.5. The maximum atomic E-state index is 14.1. The van der Waals surface area contributed by atoms with Gasteiger partial charge in [-0.1, -0.05) is 17.3 Å². The zero-order valence-electron chi connectivity index (χ0n) is 13.6. The Morgan fingerprint density at radius 2 is 1.81 bits per heavy atom. The van der Waals surface area contributed by atoms with Gasteiger partial charge in [0.1, 0.15) is 17.3 Å². The van der Waals surface area contributed by atoms with Crippen LogP contribution in [0.3, 0.4) is 0 Å². The molecule has 5 nitrogen and oxygen atoms in total. The van der Waals surface area contributed by atoms with Crippen molar-refractivity contribution in [3.63, 3.8) is 0 Å². The predicted octanol–water partition coefficient (Wildman–Crippen LogP) is 3.74. The van der Waals surface area contributed by atoms with Gasteiger partial charge >= 0.3 is 6.18 Å². The van der Waals surface area contributed by atoms with Crippen molar-refractivity contribution < 1.29 is 22.3 Å². The number of nitrogen functional groups attached to an aromatic ring is 1. The molecule has 0 amide bonds. The van der Waals surface area contributed by atoms with Crippen LogP contribution in [0.1, 0.15) is 11.1 Å². The van der Waals surface area contributed by atoms with E-state index in [1.54, 1.807) is 31.4 Å². The number of anilines is 1. The predicted molar refractivity (Wildman–Crippen MR) is 86.9 cm³/mol. The average molecular weight is 366 g/mol. The smallest absolute Gasteiger partial charge is 0.416 e. The van der Waals surface area contributed by atoms with Gasteiger partial charge < -0.3 is 10.5 Å². The highest BCUT2D eigenvalue weighted by Gasteiger charge is 2.31. The molecule has 1 aromatic heterocycles. The van der Waals surface area contributed by atoms with Gasteiger partial charge in [-0.3, -0.25) is 0 Å². The molecule has 26 heavy (non-hydrogen) atoms.